The Morgan fingerprint density at radius 2 is 1.76 bits per heavy atom. The van der Waals surface area contributed by atoms with E-state index in [1.165, 1.54) is 10.4 Å². The second-order valence-corrected chi connectivity index (χ2v) is 9.67. The van der Waals surface area contributed by atoms with Crippen LogP contribution in [-0.2, 0) is 4.79 Å². The quantitative estimate of drug-likeness (QED) is 0.574. The monoisotopic (exact) mass is 465 g/mol. The van der Waals surface area contributed by atoms with Gasteiger partial charge in [-0.25, -0.2) is 9.97 Å². The minimum atomic E-state index is -0.0409. The van der Waals surface area contributed by atoms with Gasteiger partial charge in [0.15, 0.2) is 0 Å². The molecule has 3 aromatic rings. The van der Waals surface area contributed by atoms with Crippen LogP contribution in [-0.4, -0.2) is 52.9 Å². The molecule has 0 atom stereocenters. The van der Waals surface area contributed by atoms with Crippen molar-refractivity contribution < 1.29 is 9.59 Å². The van der Waals surface area contributed by atoms with E-state index in [4.69, 9.17) is 0 Å². The Kier molecular flexibility index (Phi) is 6.93. The van der Waals surface area contributed by atoms with E-state index in [1.807, 2.05) is 26.0 Å². The van der Waals surface area contributed by atoms with Crippen molar-refractivity contribution in [2.75, 3.05) is 36.4 Å². The Hall–Kier alpha value is -3.00. The van der Waals surface area contributed by atoms with Gasteiger partial charge in [-0.2, -0.15) is 0 Å². The van der Waals surface area contributed by atoms with E-state index in [0.29, 0.717) is 18.7 Å². The Morgan fingerprint density at radius 3 is 2.39 bits per heavy atom. The van der Waals surface area contributed by atoms with Crippen LogP contribution in [0, 0.1) is 19.8 Å². The van der Waals surface area contributed by atoms with Crippen LogP contribution in [0.3, 0.4) is 0 Å². The third-order valence-corrected chi connectivity index (χ3v) is 7.68. The Morgan fingerprint density at radius 1 is 1.09 bits per heavy atom. The van der Waals surface area contributed by atoms with Crippen molar-refractivity contribution in [3.63, 3.8) is 0 Å². The van der Waals surface area contributed by atoms with E-state index in [2.05, 4.69) is 34.0 Å². The third kappa shape index (κ3) is 4.71. The number of nitrogens with one attached hydrogen (secondary N) is 1. The average molecular weight is 466 g/mol. The molecule has 1 fully saturated rings. The Labute approximate surface area is 198 Å². The van der Waals surface area contributed by atoms with Crippen LogP contribution in [0.5, 0.6) is 0 Å². The van der Waals surface area contributed by atoms with Crippen molar-refractivity contribution in [3.05, 3.63) is 46.6 Å². The van der Waals surface area contributed by atoms with E-state index >= 15 is 0 Å². The van der Waals surface area contributed by atoms with Gasteiger partial charge in [0.2, 0.25) is 5.91 Å². The van der Waals surface area contributed by atoms with Crippen LogP contribution in [0.1, 0.15) is 47.5 Å². The maximum absolute atomic E-state index is 12.9. The van der Waals surface area contributed by atoms with Crippen molar-refractivity contribution >= 4 is 44.9 Å². The smallest absolute Gasteiger partial charge is 0.253 e. The van der Waals surface area contributed by atoms with Gasteiger partial charge in [0.25, 0.3) is 5.91 Å². The largest absolute Gasteiger partial charge is 0.356 e. The van der Waals surface area contributed by atoms with E-state index < -0.39 is 0 Å². The maximum Gasteiger partial charge on any atom is 0.253 e. The van der Waals surface area contributed by atoms with Gasteiger partial charge >= 0.3 is 0 Å². The number of nitrogens with zero attached hydrogens (tertiary/aromatic N) is 4. The molecule has 0 unspecified atom stereocenters. The molecule has 8 heteroatoms. The van der Waals surface area contributed by atoms with Gasteiger partial charge in [-0.1, -0.05) is 0 Å². The van der Waals surface area contributed by atoms with Crippen LogP contribution in [0.25, 0.3) is 10.2 Å². The molecule has 2 aromatic heterocycles. The van der Waals surface area contributed by atoms with Crippen LogP contribution in [0.15, 0.2) is 30.6 Å². The molecule has 0 aliphatic carbocycles. The first-order valence-electron chi connectivity index (χ1n) is 11.6. The molecule has 0 spiro atoms. The highest BCUT2D eigenvalue weighted by Crippen LogP contribution is 2.35. The molecule has 2 amide bonds. The van der Waals surface area contributed by atoms with Crippen molar-refractivity contribution in [2.45, 2.75) is 40.5 Å². The van der Waals surface area contributed by atoms with Crippen molar-refractivity contribution in [2.24, 2.45) is 5.92 Å². The summed E-state index contributed by atoms with van der Waals surface area (Å²) >= 11 is 1.70. The summed E-state index contributed by atoms with van der Waals surface area (Å²) in [4.78, 5) is 40.7. The van der Waals surface area contributed by atoms with Crippen molar-refractivity contribution in [1.29, 1.82) is 0 Å². The molecule has 174 valence electrons. The number of thiophene rings is 1. The number of aryl methyl sites for hydroxylation is 2. The molecular weight excluding hydrogens is 434 g/mol. The molecule has 4 rings (SSSR count). The molecule has 1 aromatic carbocycles. The SMILES string of the molecule is CCN(CC)C(=O)c1ccc(NC(=O)C2CCN(c3ncnc4sc(C)c(C)c34)CC2)cc1. The number of rotatable bonds is 6. The van der Waals surface area contributed by atoms with Gasteiger partial charge in [-0.3, -0.25) is 9.59 Å². The van der Waals surface area contributed by atoms with Crippen molar-refractivity contribution in [1.82, 2.24) is 14.9 Å². The zero-order valence-corrected chi connectivity index (χ0v) is 20.5. The highest BCUT2D eigenvalue weighted by atomic mass is 32.1. The van der Waals surface area contributed by atoms with Gasteiger partial charge in [-0.15, -0.1) is 11.3 Å². The standard InChI is InChI=1S/C25H31N5O2S/c1-5-29(6-2)25(32)19-7-9-20(10-8-19)28-23(31)18-11-13-30(14-12-18)22-21-16(3)17(4)33-24(21)27-15-26-22/h7-10,15,18H,5-6,11-14H2,1-4H3,(H,28,31). The van der Waals surface area contributed by atoms with Gasteiger partial charge in [0, 0.05) is 48.2 Å². The molecule has 1 saturated heterocycles. The third-order valence-electron chi connectivity index (χ3n) is 6.56. The molecular formula is C25H31N5O2S. The van der Waals surface area contributed by atoms with E-state index in [9.17, 15) is 9.59 Å². The molecule has 7 nitrogen and oxygen atoms in total. The first-order valence-corrected chi connectivity index (χ1v) is 12.4. The highest BCUT2D eigenvalue weighted by molar-refractivity contribution is 7.18. The zero-order chi connectivity index (χ0) is 23.5. The average Bonchev–Trinajstić information content (AvgIpc) is 3.14. The molecule has 0 bridgehead atoms. The number of amides is 2. The molecule has 0 saturated carbocycles. The van der Waals surface area contributed by atoms with E-state index in [1.54, 1.807) is 34.7 Å². The molecule has 1 N–H and O–H groups in total. The fraction of sp³-hybridized carbons (Fsp3) is 0.440. The first kappa shape index (κ1) is 23.2. The summed E-state index contributed by atoms with van der Waals surface area (Å²) in [7, 11) is 0. The van der Waals surface area contributed by atoms with Gasteiger partial charge in [0.05, 0.1) is 5.39 Å². The van der Waals surface area contributed by atoms with Crippen LogP contribution < -0.4 is 10.2 Å². The summed E-state index contributed by atoms with van der Waals surface area (Å²) in [5, 5.41) is 4.17. The highest BCUT2D eigenvalue weighted by Gasteiger charge is 2.27. The number of hydrogen-bond acceptors (Lipinski definition) is 6. The van der Waals surface area contributed by atoms with Crippen molar-refractivity contribution in [3.8, 4) is 0 Å². The Balaban J connectivity index is 1.37. The van der Waals surface area contributed by atoms with Gasteiger partial charge < -0.3 is 15.1 Å². The molecule has 1 aliphatic heterocycles. The predicted octanol–water partition coefficient (Wildman–Crippen LogP) is 4.65. The topological polar surface area (TPSA) is 78.4 Å². The second kappa shape index (κ2) is 9.87. The summed E-state index contributed by atoms with van der Waals surface area (Å²) in [5.41, 5.74) is 2.61. The number of carbonyl (C=O) groups is 2. The van der Waals surface area contributed by atoms with E-state index in [-0.39, 0.29) is 17.7 Å². The number of hydrogen-bond donors (Lipinski definition) is 1. The predicted molar refractivity (Wildman–Crippen MR) is 134 cm³/mol. The number of carbonyl (C=O) groups excluding carboxylic acids is 2. The van der Waals surface area contributed by atoms with E-state index in [0.717, 1.165) is 47.7 Å². The summed E-state index contributed by atoms with van der Waals surface area (Å²) in [5.74, 6) is 0.989. The number of fused-ring (bicyclic) bond motifs is 1. The van der Waals surface area contributed by atoms with Gasteiger partial charge in [-0.05, 0) is 70.4 Å². The van der Waals surface area contributed by atoms with Gasteiger partial charge in [0.1, 0.15) is 17.0 Å². The lowest BCUT2D eigenvalue weighted by molar-refractivity contribution is -0.120. The minimum absolute atomic E-state index is 0.0140. The number of piperidine rings is 1. The molecule has 1 aliphatic rings. The minimum Gasteiger partial charge on any atom is -0.356 e. The summed E-state index contributed by atoms with van der Waals surface area (Å²) < 4.78 is 0. The fourth-order valence-corrected chi connectivity index (χ4v) is 5.38. The Bertz CT molecular complexity index is 1150. The van der Waals surface area contributed by atoms with Crippen LogP contribution in [0.4, 0.5) is 11.5 Å². The molecule has 0 radical (unpaired) electrons. The first-order chi connectivity index (χ1) is 15.9. The fourth-order valence-electron chi connectivity index (χ4n) is 4.39. The number of anilines is 2. The number of benzene rings is 1. The second-order valence-electron chi connectivity index (χ2n) is 8.47. The molecule has 3 heterocycles. The summed E-state index contributed by atoms with van der Waals surface area (Å²) in [6.07, 6.45) is 3.19. The lowest BCUT2D eigenvalue weighted by atomic mass is 9.95. The van der Waals surface area contributed by atoms with Crippen LogP contribution >= 0.6 is 11.3 Å². The summed E-state index contributed by atoms with van der Waals surface area (Å²) in [6, 6.07) is 7.18. The summed E-state index contributed by atoms with van der Waals surface area (Å²) in [6.45, 7) is 11.1. The zero-order valence-electron chi connectivity index (χ0n) is 19.7. The molecule has 33 heavy (non-hydrogen) atoms. The maximum atomic E-state index is 12.9. The lowest BCUT2D eigenvalue weighted by Crippen LogP contribution is -2.38. The number of aromatic nitrogens is 2. The normalized spacial score (nSPS) is 14.5. The van der Waals surface area contributed by atoms with Crippen LogP contribution in [0.2, 0.25) is 0 Å². The lowest BCUT2D eigenvalue weighted by Gasteiger charge is -2.32.